The van der Waals surface area contributed by atoms with E-state index in [1.54, 1.807) is 0 Å². The monoisotopic (exact) mass is 317 g/mol. The minimum Gasteiger partial charge on any atom is -0.353 e. The molecule has 1 N–H and O–H groups in total. The molecule has 3 aliphatic rings. The van der Waals surface area contributed by atoms with Crippen LogP contribution in [-0.4, -0.2) is 22.1 Å². The molecule has 0 unspecified atom stereocenters. The van der Waals surface area contributed by atoms with E-state index in [1.807, 2.05) is 0 Å². The molecule has 1 aromatic rings. The van der Waals surface area contributed by atoms with Crippen LogP contribution in [0.1, 0.15) is 76.9 Å². The van der Waals surface area contributed by atoms with E-state index in [1.165, 1.54) is 12.8 Å². The number of nitrogens with one attached hydrogen (secondary N) is 1. The van der Waals surface area contributed by atoms with Crippen molar-refractivity contribution in [2.24, 2.45) is 16.7 Å². The summed E-state index contributed by atoms with van der Waals surface area (Å²) in [4.78, 5) is 16.7. The molecule has 5 nitrogen and oxygen atoms in total. The van der Waals surface area contributed by atoms with E-state index in [4.69, 9.17) is 4.52 Å². The van der Waals surface area contributed by atoms with Gasteiger partial charge in [0.1, 0.15) is 0 Å². The SMILES string of the molecule is CC1(C)[C@H]2CC[C@@]1(C)[C@H](NC(=O)CCc1nc(C3CC3)no1)C2. The number of carbonyl (C=O) groups excluding carboxylic acids is 1. The van der Waals surface area contributed by atoms with Crippen LogP contribution in [0.15, 0.2) is 4.52 Å². The third-order valence-corrected chi connectivity index (χ3v) is 7.12. The number of aromatic nitrogens is 2. The average molecular weight is 317 g/mol. The van der Waals surface area contributed by atoms with Crippen molar-refractivity contribution in [1.29, 1.82) is 0 Å². The van der Waals surface area contributed by atoms with Crippen molar-refractivity contribution >= 4 is 5.91 Å². The third kappa shape index (κ3) is 2.39. The Kier molecular flexibility index (Phi) is 3.33. The van der Waals surface area contributed by atoms with E-state index >= 15 is 0 Å². The standard InChI is InChI=1S/C18H27N3O2/c1-17(2)12-8-9-18(17,3)13(10-12)19-14(22)6-7-15-20-16(21-23-15)11-4-5-11/h11-13H,4-10H2,1-3H3,(H,19,22)/t12-,13+,18-/m0/s1. The molecule has 3 saturated carbocycles. The molecule has 3 aliphatic carbocycles. The van der Waals surface area contributed by atoms with E-state index < -0.39 is 0 Å². The molecule has 1 amide bonds. The smallest absolute Gasteiger partial charge is 0.227 e. The molecule has 2 bridgehead atoms. The van der Waals surface area contributed by atoms with Crippen molar-refractivity contribution in [3.05, 3.63) is 11.7 Å². The first-order chi connectivity index (χ1) is 10.9. The largest absolute Gasteiger partial charge is 0.353 e. The molecule has 3 fully saturated rings. The first kappa shape index (κ1) is 15.2. The normalized spacial score (nSPS) is 34.7. The van der Waals surface area contributed by atoms with Crippen molar-refractivity contribution < 1.29 is 9.32 Å². The van der Waals surface area contributed by atoms with Gasteiger partial charge in [-0.05, 0) is 48.9 Å². The highest BCUT2D eigenvalue weighted by molar-refractivity contribution is 5.76. The van der Waals surface area contributed by atoms with Crippen LogP contribution < -0.4 is 5.32 Å². The van der Waals surface area contributed by atoms with Gasteiger partial charge in [0.25, 0.3) is 0 Å². The summed E-state index contributed by atoms with van der Waals surface area (Å²) < 4.78 is 5.25. The van der Waals surface area contributed by atoms with Gasteiger partial charge in [-0.25, -0.2) is 0 Å². The van der Waals surface area contributed by atoms with Crippen LogP contribution in [0.2, 0.25) is 0 Å². The highest BCUT2D eigenvalue weighted by atomic mass is 16.5. The quantitative estimate of drug-likeness (QED) is 0.905. The summed E-state index contributed by atoms with van der Waals surface area (Å²) in [5, 5.41) is 7.29. The van der Waals surface area contributed by atoms with E-state index in [-0.39, 0.29) is 11.3 Å². The fourth-order valence-electron chi connectivity index (χ4n) is 4.79. The lowest BCUT2D eigenvalue weighted by molar-refractivity contribution is -0.122. The number of aryl methyl sites for hydroxylation is 1. The highest BCUT2D eigenvalue weighted by Gasteiger charge is 2.61. The molecule has 0 radical (unpaired) electrons. The van der Waals surface area contributed by atoms with Crippen molar-refractivity contribution in [3.8, 4) is 0 Å². The van der Waals surface area contributed by atoms with Gasteiger partial charge in [-0.15, -0.1) is 0 Å². The topological polar surface area (TPSA) is 68.0 Å². The molecular weight excluding hydrogens is 290 g/mol. The first-order valence-corrected chi connectivity index (χ1v) is 9.02. The lowest BCUT2D eigenvalue weighted by Crippen LogP contribution is -2.46. The number of nitrogens with zero attached hydrogens (tertiary/aromatic N) is 2. The van der Waals surface area contributed by atoms with E-state index in [2.05, 4.69) is 36.2 Å². The van der Waals surface area contributed by atoms with Gasteiger partial charge in [-0.1, -0.05) is 25.9 Å². The highest BCUT2D eigenvalue weighted by Crippen LogP contribution is 2.65. The fraction of sp³-hybridized carbons (Fsp3) is 0.833. The number of hydrogen-bond acceptors (Lipinski definition) is 4. The van der Waals surface area contributed by atoms with E-state index in [0.717, 1.165) is 31.0 Å². The minimum atomic E-state index is 0.116. The van der Waals surface area contributed by atoms with Gasteiger partial charge < -0.3 is 9.84 Å². The zero-order valence-electron chi connectivity index (χ0n) is 14.4. The van der Waals surface area contributed by atoms with E-state index in [9.17, 15) is 4.79 Å². The minimum absolute atomic E-state index is 0.116. The molecule has 23 heavy (non-hydrogen) atoms. The Bertz CT molecular complexity index is 620. The number of hydrogen-bond donors (Lipinski definition) is 1. The van der Waals surface area contributed by atoms with Crippen LogP contribution in [0.4, 0.5) is 0 Å². The van der Waals surface area contributed by atoms with Crippen LogP contribution in [0.5, 0.6) is 0 Å². The molecule has 0 saturated heterocycles. The zero-order valence-corrected chi connectivity index (χ0v) is 14.4. The number of fused-ring (bicyclic) bond motifs is 2. The van der Waals surface area contributed by atoms with Crippen molar-refractivity contribution in [2.75, 3.05) is 0 Å². The van der Waals surface area contributed by atoms with Gasteiger partial charge in [0.2, 0.25) is 11.8 Å². The Morgan fingerprint density at radius 1 is 1.30 bits per heavy atom. The number of amides is 1. The third-order valence-electron chi connectivity index (χ3n) is 7.12. The molecule has 0 spiro atoms. The predicted molar refractivity (Wildman–Crippen MR) is 85.8 cm³/mol. The van der Waals surface area contributed by atoms with Crippen LogP contribution in [0, 0.1) is 16.7 Å². The van der Waals surface area contributed by atoms with Gasteiger partial charge in [-0.2, -0.15) is 4.98 Å². The van der Waals surface area contributed by atoms with Gasteiger partial charge in [0, 0.05) is 24.8 Å². The number of rotatable bonds is 5. The maximum Gasteiger partial charge on any atom is 0.227 e. The molecule has 126 valence electrons. The summed E-state index contributed by atoms with van der Waals surface area (Å²) in [5.41, 5.74) is 0.563. The average Bonchev–Trinajstić information content (AvgIpc) is 3.16. The lowest BCUT2D eigenvalue weighted by Gasteiger charge is -2.39. The molecule has 0 aromatic carbocycles. The van der Waals surface area contributed by atoms with Crippen molar-refractivity contribution in [1.82, 2.24) is 15.5 Å². The van der Waals surface area contributed by atoms with Crippen LogP contribution >= 0.6 is 0 Å². The van der Waals surface area contributed by atoms with Crippen molar-refractivity contribution in [2.45, 2.75) is 77.7 Å². The van der Waals surface area contributed by atoms with Gasteiger partial charge in [0.15, 0.2) is 5.82 Å². The van der Waals surface area contributed by atoms with Gasteiger partial charge >= 0.3 is 0 Å². The van der Waals surface area contributed by atoms with Gasteiger partial charge in [0.05, 0.1) is 0 Å². The summed E-state index contributed by atoms with van der Waals surface area (Å²) in [5.74, 6) is 2.78. The second-order valence-corrected chi connectivity index (χ2v) is 8.55. The number of carbonyl (C=O) groups is 1. The predicted octanol–water partition coefficient (Wildman–Crippen LogP) is 3.21. The molecule has 1 aromatic heterocycles. The Balaban J connectivity index is 1.32. The molecular formula is C18H27N3O2. The second-order valence-electron chi connectivity index (χ2n) is 8.55. The fourth-order valence-corrected chi connectivity index (χ4v) is 4.79. The van der Waals surface area contributed by atoms with Crippen LogP contribution in [0.3, 0.4) is 0 Å². The second kappa shape index (κ2) is 5.05. The Morgan fingerprint density at radius 3 is 2.70 bits per heavy atom. The van der Waals surface area contributed by atoms with Crippen LogP contribution in [0.25, 0.3) is 0 Å². The van der Waals surface area contributed by atoms with E-state index in [0.29, 0.717) is 36.1 Å². The Morgan fingerprint density at radius 2 is 2.09 bits per heavy atom. The molecule has 0 aliphatic heterocycles. The molecule has 4 rings (SSSR count). The van der Waals surface area contributed by atoms with Crippen LogP contribution in [-0.2, 0) is 11.2 Å². The summed E-state index contributed by atoms with van der Waals surface area (Å²) in [6.45, 7) is 7.09. The van der Waals surface area contributed by atoms with Crippen molar-refractivity contribution in [3.63, 3.8) is 0 Å². The maximum atomic E-state index is 12.4. The zero-order chi connectivity index (χ0) is 16.2. The summed E-state index contributed by atoms with van der Waals surface area (Å²) in [6, 6.07) is 0.313. The lowest BCUT2D eigenvalue weighted by atomic mass is 9.69. The summed E-state index contributed by atoms with van der Waals surface area (Å²) in [7, 11) is 0. The Labute approximate surface area is 137 Å². The summed E-state index contributed by atoms with van der Waals surface area (Å²) in [6.07, 6.45) is 6.96. The molecule has 1 heterocycles. The molecule has 3 atom stereocenters. The Hall–Kier alpha value is -1.39. The van der Waals surface area contributed by atoms with Gasteiger partial charge in [-0.3, -0.25) is 4.79 Å². The molecule has 5 heteroatoms. The first-order valence-electron chi connectivity index (χ1n) is 9.02. The maximum absolute atomic E-state index is 12.4. The summed E-state index contributed by atoms with van der Waals surface area (Å²) >= 11 is 0.